The minimum absolute atomic E-state index is 0.375. The summed E-state index contributed by atoms with van der Waals surface area (Å²) in [6.45, 7) is 2.47. The lowest BCUT2D eigenvalue weighted by Gasteiger charge is -1.79. The molecule has 1 aromatic rings. The topological polar surface area (TPSA) is 55.0 Å². The number of aromatic nitrogens is 2. The van der Waals surface area contributed by atoms with Crippen molar-refractivity contribution >= 4 is 6.47 Å². The second kappa shape index (κ2) is 6.80. The molecule has 1 heterocycles. The number of methoxy groups -OCH3 is 1. The maximum Gasteiger partial charge on any atom is 0.292 e. The van der Waals surface area contributed by atoms with Crippen molar-refractivity contribution in [1.82, 2.24) is 10.2 Å². The highest BCUT2D eigenvalue weighted by Crippen LogP contribution is 1.88. The van der Waals surface area contributed by atoms with Crippen LogP contribution in [-0.4, -0.2) is 23.8 Å². The number of carbonyl (C=O) groups excluding carboxylic acids is 1. The van der Waals surface area contributed by atoms with Gasteiger partial charge in [0.25, 0.3) is 6.47 Å². The lowest BCUT2D eigenvalue weighted by Crippen LogP contribution is -1.75. The molecule has 0 aliphatic carbocycles. The van der Waals surface area contributed by atoms with Crippen LogP contribution in [0.3, 0.4) is 0 Å². The first-order valence-corrected chi connectivity index (χ1v) is 3.29. The van der Waals surface area contributed by atoms with E-state index in [1.807, 2.05) is 6.07 Å². The molecular formula is C7H12N2O2. The highest BCUT2D eigenvalue weighted by Gasteiger charge is 1.82. The Labute approximate surface area is 65.6 Å². The van der Waals surface area contributed by atoms with Crippen molar-refractivity contribution in [2.24, 2.45) is 0 Å². The number of hydrogen-bond acceptors (Lipinski definition) is 3. The molecule has 0 spiro atoms. The highest BCUT2D eigenvalue weighted by atomic mass is 16.5. The van der Waals surface area contributed by atoms with Gasteiger partial charge in [0.1, 0.15) is 0 Å². The van der Waals surface area contributed by atoms with Crippen molar-refractivity contribution in [2.45, 2.75) is 13.3 Å². The third kappa shape index (κ3) is 5.14. The number of hydrogen-bond donors (Lipinski definition) is 1. The predicted molar refractivity (Wildman–Crippen MR) is 41.0 cm³/mol. The number of ether oxygens (including phenoxy) is 1. The van der Waals surface area contributed by atoms with Crippen LogP contribution < -0.4 is 0 Å². The normalized spacial score (nSPS) is 7.82. The second-order valence-electron chi connectivity index (χ2n) is 1.77. The fourth-order valence-electron chi connectivity index (χ4n) is 0.482. The Balaban J connectivity index is 0.000000218. The Kier molecular flexibility index (Phi) is 5.98. The van der Waals surface area contributed by atoms with Crippen molar-refractivity contribution in [1.29, 1.82) is 0 Å². The molecule has 0 bridgehead atoms. The number of nitrogens with zero attached hydrogens (tertiary/aromatic N) is 1. The SMILES string of the molecule is CCc1ccn[nH]1.COC=O. The van der Waals surface area contributed by atoms with Gasteiger partial charge in [-0.05, 0) is 12.5 Å². The van der Waals surface area contributed by atoms with E-state index >= 15 is 0 Å². The quantitative estimate of drug-likeness (QED) is 0.643. The summed E-state index contributed by atoms with van der Waals surface area (Å²) in [5.74, 6) is 0. The van der Waals surface area contributed by atoms with Gasteiger partial charge in [0.15, 0.2) is 0 Å². The molecule has 11 heavy (non-hydrogen) atoms. The summed E-state index contributed by atoms with van der Waals surface area (Å²) in [5.41, 5.74) is 1.19. The van der Waals surface area contributed by atoms with Gasteiger partial charge in [-0.15, -0.1) is 0 Å². The van der Waals surface area contributed by atoms with E-state index in [2.05, 4.69) is 21.9 Å². The first kappa shape index (κ1) is 9.68. The molecule has 1 N–H and O–H groups in total. The third-order valence-corrected chi connectivity index (χ3v) is 1.04. The Hall–Kier alpha value is -1.32. The molecule has 0 fully saturated rings. The van der Waals surface area contributed by atoms with Gasteiger partial charge < -0.3 is 4.74 Å². The van der Waals surface area contributed by atoms with Crippen LogP contribution in [0, 0.1) is 0 Å². The van der Waals surface area contributed by atoms with Crippen molar-refractivity contribution in [3.63, 3.8) is 0 Å². The van der Waals surface area contributed by atoms with Gasteiger partial charge in [0.05, 0.1) is 7.11 Å². The summed E-state index contributed by atoms with van der Waals surface area (Å²) in [4.78, 5) is 8.95. The maximum atomic E-state index is 8.95. The molecule has 0 amide bonds. The Morgan fingerprint density at radius 1 is 1.82 bits per heavy atom. The van der Waals surface area contributed by atoms with Crippen molar-refractivity contribution in [2.75, 3.05) is 7.11 Å². The number of aryl methyl sites for hydroxylation is 1. The summed E-state index contributed by atoms with van der Waals surface area (Å²) in [6.07, 6.45) is 2.80. The second-order valence-corrected chi connectivity index (χ2v) is 1.77. The first-order valence-electron chi connectivity index (χ1n) is 3.29. The molecule has 0 saturated heterocycles. The Bertz CT molecular complexity index is 173. The fraction of sp³-hybridized carbons (Fsp3) is 0.429. The van der Waals surface area contributed by atoms with Crippen LogP contribution >= 0.6 is 0 Å². The van der Waals surface area contributed by atoms with Crippen LogP contribution in [-0.2, 0) is 16.0 Å². The van der Waals surface area contributed by atoms with Gasteiger partial charge in [-0.1, -0.05) is 6.92 Å². The van der Waals surface area contributed by atoms with Crippen LogP contribution in [0.4, 0.5) is 0 Å². The molecule has 0 atom stereocenters. The van der Waals surface area contributed by atoms with Crippen LogP contribution in [0.1, 0.15) is 12.6 Å². The van der Waals surface area contributed by atoms with Crippen LogP contribution in [0.25, 0.3) is 0 Å². The predicted octanol–water partition coefficient (Wildman–Crippen LogP) is 0.761. The van der Waals surface area contributed by atoms with Gasteiger partial charge in [-0.3, -0.25) is 9.89 Å². The molecule has 1 aromatic heterocycles. The lowest BCUT2D eigenvalue weighted by atomic mass is 10.4. The van der Waals surface area contributed by atoms with Gasteiger partial charge in [-0.2, -0.15) is 5.10 Å². The number of carbonyl (C=O) groups is 1. The fourth-order valence-corrected chi connectivity index (χ4v) is 0.482. The number of rotatable bonds is 2. The summed E-state index contributed by atoms with van der Waals surface area (Å²) in [6, 6.07) is 1.97. The number of H-pyrrole nitrogens is 1. The zero-order valence-electron chi connectivity index (χ0n) is 6.70. The summed E-state index contributed by atoms with van der Waals surface area (Å²) in [5, 5.41) is 6.60. The van der Waals surface area contributed by atoms with Gasteiger partial charge in [-0.25, -0.2) is 0 Å². The molecule has 0 saturated carbocycles. The maximum absolute atomic E-state index is 8.95. The van der Waals surface area contributed by atoms with Crippen LogP contribution in [0.2, 0.25) is 0 Å². The molecule has 4 heteroatoms. The van der Waals surface area contributed by atoms with E-state index in [9.17, 15) is 0 Å². The van der Waals surface area contributed by atoms with E-state index in [0.29, 0.717) is 6.47 Å². The molecule has 4 nitrogen and oxygen atoms in total. The summed E-state index contributed by atoms with van der Waals surface area (Å²) < 4.78 is 3.86. The minimum Gasteiger partial charge on any atom is -0.471 e. The largest absolute Gasteiger partial charge is 0.471 e. The molecular weight excluding hydrogens is 144 g/mol. The van der Waals surface area contributed by atoms with Crippen molar-refractivity contribution in [3.05, 3.63) is 18.0 Å². The average Bonchev–Trinajstić information content (AvgIpc) is 2.56. The molecule has 0 aromatic carbocycles. The van der Waals surface area contributed by atoms with E-state index in [0.717, 1.165) is 6.42 Å². The van der Waals surface area contributed by atoms with Crippen LogP contribution in [0.5, 0.6) is 0 Å². The van der Waals surface area contributed by atoms with E-state index in [4.69, 9.17) is 4.79 Å². The summed E-state index contributed by atoms with van der Waals surface area (Å²) in [7, 11) is 1.31. The number of aromatic amines is 1. The van der Waals surface area contributed by atoms with Crippen molar-refractivity contribution in [3.8, 4) is 0 Å². The Morgan fingerprint density at radius 2 is 2.45 bits per heavy atom. The summed E-state index contributed by atoms with van der Waals surface area (Å²) >= 11 is 0. The number of nitrogens with one attached hydrogen (secondary N) is 1. The highest BCUT2D eigenvalue weighted by molar-refractivity contribution is 5.36. The van der Waals surface area contributed by atoms with Crippen molar-refractivity contribution < 1.29 is 9.53 Å². The van der Waals surface area contributed by atoms with E-state index < -0.39 is 0 Å². The standard InChI is InChI=1S/C5H8N2.C2H4O2/c1-2-5-3-4-6-7-5;1-4-2-3/h3-4H,2H2,1H3,(H,6,7);2H,1H3. The van der Waals surface area contributed by atoms with Gasteiger partial charge >= 0.3 is 0 Å². The van der Waals surface area contributed by atoms with Gasteiger partial charge in [0.2, 0.25) is 0 Å². The van der Waals surface area contributed by atoms with E-state index in [1.54, 1.807) is 6.20 Å². The van der Waals surface area contributed by atoms with Crippen LogP contribution in [0.15, 0.2) is 12.3 Å². The van der Waals surface area contributed by atoms with Gasteiger partial charge in [0, 0.05) is 11.9 Å². The lowest BCUT2D eigenvalue weighted by molar-refractivity contribution is -0.126. The molecule has 1 rings (SSSR count). The molecule has 0 unspecified atom stereocenters. The Morgan fingerprint density at radius 3 is 2.64 bits per heavy atom. The molecule has 0 aliphatic heterocycles. The molecule has 62 valence electrons. The third-order valence-electron chi connectivity index (χ3n) is 1.04. The molecule has 0 aliphatic rings. The minimum atomic E-state index is 0.375. The zero-order valence-corrected chi connectivity index (χ0v) is 6.70. The molecule has 0 radical (unpaired) electrons. The first-order chi connectivity index (χ1) is 5.35. The smallest absolute Gasteiger partial charge is 0.292 e. The van der Waals surface area contributed by atoms with E-state index in [1.165, 1.54) is 12.8 Å². The monoisotopic (exact) mass is 156 g/mol. The zero-order chi connectivity index (χ0) is 8.53. The average molecular weight is 156 g/mol. The van der Waals surface area contributed by atoms with E-state index in [-0.39, 0.29) is 0 Å².